The number of nitrogens with zero attached hydrogens (tertiary/aromatic N) is 2. The first-order valence-electron chi connectivity index (χ1n) is 6.54. The molecule has 0 bridgehead atoms. The Hall–Kier alpha value is -1.26. The van der Waals surface area contributed by atoms with Crippen molar-refractivity contribution < 1.29 is 0 Å². The normalized spacial score (nSPS) is 14.6. The Labute approximate surface area is 121 Å². The van der Waals surface area contributed by atoms with Gasteiger partial charge in [0, 0.05) is 21.8 Å². The van der Waals surface area contributed by atoms with Crippen molar-refractivity contribution in [2.24, 2.45) is 0 Å². The van der Waals surface area contributed by atoms with Crippen LogP contribution in [-0.4, -0.2) is 16.0 Å². The van der Waals surface area contributed by atoms with Gasteiger partial charge in [0.05, 0.1) is 12.2 Å². The average Bonchev–Trinajstić information content (AvgIpc) is 3.20. The number of aryl methyl sites for hydroxylation is 1. The van der Waals surface area contributed by atoms with Gasteiger partial charge in [0.1, 0.15) is 5.82 Å². The van der Waals surface area contributed by atoms with Gasteiger partial charge in [0.25, 0.3) is 0 Å². The zero-order chi connectivity index (χ0) is 13.2. The zero-order valence-electron chi connectivity index (χ0n) is 10.9. The van der Waals surface area contributed by atoms with Crippen LogP contribution in [0.1, 0.15) is 24.4 Å². The van der Waals surface area contributed by atoms with E-state index in [1.165, 1.54) is 12.8 Å². The maximum atomic E-state index is 4.65. The van der Waals surface area contributed by atoms with Crippen LogP contribution < -0.4 is 5.32 Å². The Morgan fingerprint density at radius 2 is 2.11 bits per heavy atom. The van der Waals surface area contributed by atoms with Crippen molar-refractivity contribution in [1.29, 1.82) is 0 Å². The molecule has 2 aromatic rings. The van der Waals surface area contributed by atoms with Gasteiger partial charge in [0.2, 0.25) is 0 Å². The molecule has 1 saturated carbocycles. The third-order valence-electron chi connectivity index (χ3n) is 3.15. The predicted molar refractivity (Wildman–Crippen MR) is 79.8 cm³/mol. The molecular weight excluding hydrogens is 302 g/mol. The zero-order valence-corrected chi connectivity index (χ0v) is 12.4. The Morgan fingerprint density at radius 1 is 1.26 bits per heavy atom. The molecule has 3 rings (SSSR count). The van der Waals surface area contributed by atoms with E-state index in [-0.39, 0.29) is 0 Å². The molecule has 0 amide bonds. The summed E-state index contributed by atoms with van der Waals surface area (Å²) in [4.78, 5) is 9.15. The summed E-state index contributed by atoms with van der Waals surface area (Å²) in [6.45, 7) is 2.77. The van der Waals surface area contributed by atoms with Crippen LogP contribution in [0.25, 0.3) is 11.3 Å². The second-order valence-corrected chi connectivity index (χ2v) is 5.89. The lowest BCUT2D eigenvalue weighted by atomic mass is 10.1. The van der Waals surface area contributed by atoms with Gasteiger partial charge in [-0.2, -0.15) is 0 Å². The molecule has 98 valence electrons. The Bertz CT molecular complexity index is 594. The maximum absolute atomic E-state index is 4.65. The van der Waals surface area contributed by atoms with Gasteiger partial charge in [0.15, 0.2) is 0 Å². The molecule has 1 aliphatic rings. The molecule has 0 saturated heterocycles. The topological polar surface area (TPSA) is 37.8 Å². The Morgan fingerprint density at radius 3 is 2.84 bits per heavy atom. The predicted octanol–water partition coefficient (Wildman–Crippen LogP) is 3.47. The van der Waals surface area contributed by atoms with Crippen LogP contribution >= 0.6 is 15.9 Å². The lowest BCUT2D eigenvalue weighted by Crippen LogP contribution is -2.17. The van der Waals surface area contributed by atoms with Crippen LogP contribution in [0.15, 0.2) is 34.8 Å². The summed E-state index contributed by atoms with van der Waals surface area (Å²) in [6, 6.07) is 10.9. The second-order valence-electron chi connectivity index (χ2n) is 4.98. The van der Waals surface area contributed by atoms with Crippen molar-refractivity contribution in [3.05, 3.63) is 46.3 Å². The van der Waals surface area contributed by atoms with Crippen molar-refractivity contribution in [3.63, 3.8) is 0 Å². The average molecular weight is 318 g/mol. The van der Waals surface area contributed by atoms with E-state index in [1.54, 1.807) is 0 Å². The maximum Gasteiger partial charge on any atom is 0.143 e. The molecule has 0 atom stereocenters. The molecule has 1 aliphatic carbocycles. The molecule has 1 aromatic carbocycles. The standard InChI is InChI=1S/C15H16BrN3/c1-10-7-14(11-3-2-4-12(16)8-11)19-15(18-10)9-17-13-5-6-13/h2-4,7-8,13,17H,5-6,9H2,1H3. The fourth-order valence-corrected chi connectivity index (χ4v) is 2.43. The number of hydrogen-bond donors (Lipinski definition) is 1. The Balaban J connectivity index is 1.87. The van der Waals surface area contributed by atoms with E-state index in [0.29, 0.717) is 6.04 Å². The summed E-state index contributed by atoms with van der Waals surface area (Å²) < 4.78 is 1.07. The van der Waals surface area contributed by atoms with E-state index in [1.807, 2.05) is 25.1 Å². The van der Waals surface area contributed by atoms with Crippen molar-refractivity contribution in [1.82, 2.24) is 15.3 Å². The number of halogens is 1. The molecule has 1 N–H and O–H groups in total. The van der Waals surface area contributed by atoms with Crippen LogP contribution in [0, 0.1) is 6.92 Å². The van der Waals surface area contributed by atoms with Gasteiger partial charge in [-0.15, -0.1) is 0 Å². The third-order valence-corrected chi connectivity index (χ3v) is 3.64. The fraction of sp³-hybridized carbons (Fsp3) is 0.333. The van der Waals surface area contributed by atoms with Gasteiger partial charge in [-0.05, 0) is 38.0 Å². The molecule has 1 fully saturated rings. The largest absolute Gasteiger partial charge is 0.307 e. The van der Waals surface area contributed by atoms with Crippen LogP contribution in [0.2, 0.25) is 0 Å². The minimum atomic E-state index is 0.679. The number of rotatable bonds is 4. The van der Waals surface area contributed by atoms with E-state index in [4.69, 9.17) is 0 Å². The van der Waals surface area contributed by atoms with E-state index < -0.39 is 0 Å². The van der Waals surface area contributed by atoms with Crippen LogP contribution in [0.3, 0.4) is 0 Å². The third kappa shape index (κ3) is 3.39. The highest BCUT2D eigenvalue weighted by molar-refractivity contribution is 9.10. The van der Waals surface area contributed by atoms with Crippen LogP contribution in [0.4, 0.5) is 0 Å². The fourth-order valence-electron chi connectivity index (χ4n) is 2.03. The lowest BCUT2D eigenvalue weighted by molar-refractivity contribution is 0.656. The molecular formula is C15H16BrN3. The van der Waals surface area contributed by atoms with Crippen LogP contribution in [-0.2, 0) is 6.54 Å². The molecule has 4 heteroatoms. The smallest absolute Gasteiger partial charge is 0.143 e. The van der Waals surface area contributed by atoms with Gasteiger partial charge in [-0.3, -0.25) is 0 Å². The molecule has 0 spiro atoms. The van der Waals surface area contributed by atoms with Gasteiger partial charge in [-0.1, -0.05) is 28.1 Å². The van der Waals surface area contributed by atoms with Gasteiger partial charge in [-0.25, -0.2) is 9.97 Å². The first-order chi connectivity index (χ1) is 9.20. The van der Waals surface area contributed by atoms with E-state index in [2.05, 4.69) is 43.3 Å². The van der Waals surface area contributed by atoms with Crippen molar-refractivity contribution in [3.8, 4) is 11.3 Å². The monoisotopic (exact) mass is 317 g/mol. The molecule has 0 radical (unpaired) electrons. The number of hydrogen-bond acceptors (Lipinski definition) is 3. The molecule has 19 heavy (non-hydrogen) atoms. The summed E-state index contributed by atoms with van der Waals surface area (Å²) in [6.07, 6.45) is 2.56. The van der Waals surface area contributed by atoms with E-state index >= 15 is 0 Å². The van der Waals surface area contributed by atoms with Crippen molar-refractivity contribution in [2.75, 3.05) is 0 Å². The van der Waals surface area contributed by atoms with Crippen LogP contribution in [0.5, 0.6) is 0 Å². The lowest BCUT2D eigenvalue weighted by Gasteiger charge is -2.07. The minimum absolute atomic E-state index is 0.679. The highest BCUT2D eigenvalue weighted by Gasteiger charge is 2.20. The van der Waals surface area contributed by atoms with Crippen molar-refractivity contribution in [2.45, 2.75) is 32.4 Å². The highest BCUT2D eigenvalue weighted by Crippen LogP contribution is 2.22. The van der Waals surface area contributed by atoms with Gasteiger partial charge < -0.3 is 5.32 Å². The quantitative estimate of drug-likeness (QED) is 0.938. The Kier molecular flexibility index (Phi) is 3.62. The number of nitrogens with one attached hydrogen (secondary N) is 1. The summed E-state index contributed by atoms with van der Waals surface area (Å²) >= 11 is 3.50. The number of benzene rings is 1. The summed E-state index contributed by atoms with van der Waals surface area (Å²) in [5.41, 5.74) is 3.12. The summed E-state index contributed by atoms with van der Waals surface area (Å²) in [5.74, 6) is 0.877. The first-order valence-corrected chi connectivity index (χ1v) is 7.34. The first kappa shape index (κ1) is 12.8. The summed E-state index contributed by atoms with van der Waals surface area (Å²) in [5, 5.41) is 3.46. The molecule has 1 heterocycles. The summed E-state index contributed by atoms with van der Waals surface area (Å²) in [7, 11) is 0. The van der Waals surface area contributed by atoms with Crippen molar-refractivity contribution >= 4 is 15.9 Å². The molecule has 1 aromatic heterocycles. The molecule has 0 aliphatic heterocycles. The second kappa shape index (κ2) is 5.39. The van der Waals surface area contributed by atoms with E-state index in [9.17, 15) is 0 Å². The number of aromatic nitrogens is 2. The SMILES string of the molecule is Cc1cc(-c2cccc(Br)c2)nc(CNC2CC2)n1. The minimum Gasteiger partial charge on any atom is -0.307 e. The molecule has 0 unspecified atom stereocenters. The highest BCUT2D eigenvalue weighted by atomic mass is 79.9. The van der Waals surface area contributed by atoms with Gasteiger partial charge >= 0.3 is 0 Å². The van der Waals surface area contributed by atoms with E-state index in [0.717, 1.165) is 33.8 Å². The molecule has 3 nitrogen and oxygen atoms in total.